The lowest BCUT2D eigenvalue weighted by atomic mass is 9.88. The third-order valence-electron chi connectivity index (χ3n) is 5.56. The third kappa shape index (κ3) is 5.03. The molecule has 0 unspecified atom stereocenters. The third-order valence-corrected chi connectivity index (χ3v) is 7.71. The minimum absolute atomic E-state index is 0.0438. The van der Waals surface area contributed by atoms with Gasteiger partial charge in [0.05, 0.1) is 19.3 Å². The zero-order valence-electron chi connectivity index (χ0n) is 17.1. The number of halogens is 1. The van der Waals surface area contributed by atoms with Gasteiger partial charge < -0.3 is 14.8 Å². The Morgan fingerprint density at radius 3 is 2.77 bits per heavy atom. The van der Waals surface area contributed by atoms with E-state index in [9.17, 15) is 13.2 Å². The molecule has 2 aromatic carbocycles. The summed E-state index contributed by atoms with van der Waals surface area (Å²) < 4.78 is 38.4. The number of benzene rings is 2. The first-order chi connectivity index (χ1) is 14.9. The van der Waals surface area contributed by atoms with Crippen molar-refractivity contribution in [1.82, 2.24) is 9.62 Å². The normalized spacial score (nSPS) is 19.5. The molecule has 0 bridgehead atoms. The molecule has 1 N–H and O–H groups in total. The number of hydrogen-bond donors (Lipinski definition) is 1. The van der Waals surface area contributed by atoms with Gasteiger partial charge in [-0.15, -0.1) is 0 Å². The molecule has 1 fully saturated rings. The summed E-state index contributed by atoms with van der Waals surface area (Å²) in [5.41, 5.74) is 2.38. The maximum absolute atomic E-state index is 13.1. The van der Waals surface area contributed by atoms with Crippen LogP contribution >= 0.6 is 11.6 Å². The minimum atomic E-state index is -3.82. The Bertz CT molecular complexity index is 1050. The second-order valence-electron chi connectivity index (χ2n) is 7.61. The Kier molecular flexibility index (Phi) is 6.81. The molecule has 1 saturated heterocycles. The Balaban J connectivity index is 1.46. The lowest BCUT2D eigenvalue weighted by Gasteiger charge is -2.27. The molecule has 0 aromatic heterocycles. The number of nitrogens with zero attached hydrogens (tertiary/aromatic N) is 1. The van der Waals surface area contributed by atoms with E-state index in [0.717, 1.165) is 24.8 Å². The van der Waals surface area contributed by atoms with Crippen LogP contribution in [0.3, 0.4) is 0 Å². The Morgan fingerprint density at radius 2 is 1.97 bits per heavy atom. The predicted molar refractivity (Wildman–Crippen MR) is 117 cm³/mol. The second-order valence-corrected chi connectivity index (χ2v) is 9.95. The van der Waals surface area contributed by atoms with Crippen molar-refractivity contribution in [1.29, 1.82) is 0 Å². The molecule has 0 spiro atoms. The predicted octanol–water partition coefficient (Wildman–Crippen LogP) is 2.93. The van der Waals surface area contributed by atoms with Gasteiger partial charge in [0, 0.05) is 18.1 Å². The largest absolute Gasteiger partial charge is 0.482 e. The van der Waals surface area contributed by atoms with Gasteiger partial charge in [-0.3, -0.25) is 4.79 Å². The summed E-state index contributed by atoms with van der Waals surface area (Å²) >= 11 is 6.06. The molecule has 166 valence electrons. The fraction of sp³-hybridized carbons (Fsp3) is 0.409. The number of carbonyl (C=O) groups excluding carboxylic acids is 1. The summed E-state index contributed by atoms with van der Waals surface area (Å²) in [6.45, 7) is 0.903. The highest BCUT2D eigenvalue weighted by Crippen LogP contribution is 2.31. The number of morpholine rings is 1. The van der Waals surface area contributed by atoms with Crippen LogP contribution in [0.25, 0.3) is 0 Å². The SMILES string of the molecule is O=C(COc1ccc(Cl)cc1S(=O)(=O)N1CCOCC1)N[C@H]1CCCc2ccccc21. The molecular weight excluding hydrogens is 440 g/mol. The van der Waals surface area contributed by atoms with E-state index in [1.54, 1.807) is 6.07 Å². The van der Waals surface area contributed by atoms with Gasteiger partial charge in [0.15, 0.2) is 6.61 Å². The first-order valence-electron chi connectivity index (χ1n) is 10.3. The first-order valence-corrected chi connectivity index (χ1v) is 12.1. The van der Waals surface area contributed by atoms with E-state index in [0.29, 0.717) is 13.2 Å². The van der Waals surface area contributed by atoms with E-state index in [-0.39, 0.29) is 47.3 Å². The van der Waals surface area contributed by atoms with Gasteiger partial charge >= 0.3 is 0 Å². The number of hydrogen-bond acceptors (Lipinski definition) is 5. The van der Waals surface area contributed by atoms with Crippen LogP contribution in [0.5, 0.6) is 5.75 Å². The molecule has 2 aromatic rings. The monoisotopic (exact) mass is 464 g/mol. The van der Waals surface area contributed by atoms with Gasteiger partial charge in [-0.2, -0.15) is 4.31 Å². The number of nitrogens with one attached hydrogen (secondary N) is 1. The van der Waals surface area contributed by atoms with Gasteiger partial charge in [0.1, 0.15) is 10.6 Å². The molecular formula is C22H25ClN2O5S. The van der Waals surface area contributed by atoms with Gasteiger partial charge in [-0.1, -0.05) is 35.9 Å². The molecule has 1 aliphatic carbocycles. The summed E-state index contributed by atoms with van der Waals surface area (Å²) in [6.07, 6.45) is 2.87. The number of carbonyl (C=O) groups is 1. The van der Waals surface area contributed by atoms with Crippen molar-refractivity contribution in [3.8, 4) is 5.75 Å². The van der Waals surface area contributed by atoms with Crippen LogP contribution in [-0.2, 0) is 26.0 Å². The summed E-state index contributed by atoms with van der Waals surface area (Å²) in [5, 5.41) is 3.29. The second kappa shape index (κ2) is 9.56. The van der Waals surface area contributed by atoms with E-state index in [1.165, 1.54) is 22.0 Å². The fourth-order valence-corrected chi connectivity index (χ4v) is 5.81. The smallest absolute Gasteiger partial charge is 0.258 e. The van der Waals surface area contributed by atoms with E-state index >= 15 is 0 Å². The van der Waals surface area contributed by atoms with Crippen LogP contribution in [-0.4, -0.2) is 51.5 Å². The zero-order chi connectivity index (χ0) is 21.8. The van der Waals surface area contributed by atoms with E-state index in [4.69, 9.17) is 21.1 Å². The molecule has 1 amide bonds. The molecule has 7 nitrogen and oxygen atoms in total. The minimum Gasteiger partial charge on any atom is -0.482 e. The van der Waals surface area contributed by atoms with Crippen molar-refractivity contribution >= 4 is 27.5 Å². The summed E-state index contributed by atoms with van der Waals surface area (Å²) in [7, 11) is -3.82. The van der Waals surface area contributed by atoms with Crippen molar-refractivity contribution in [3.63, 3.8) is 0 Å². The first kappa shape index (κ1) is 22.1. The number of ether oxygens (including phenoxy) is 2. The zero-order valence-corrected chi connectivity index (χ0v) is 18.6. The Labute approximate surface area is 187 Å². The van der Waals surface area contributed by atoms with E-state index in [1.807, 2.05) is 18.2 Å². The van der Waals surface area contributed by atoms with Crippen LogP contribution in [0.4, 0.5) is 0 Å². The number of fused-ring (bicyclic) bond motifs is 1. The number of sulfonamides is 1. The summed E-state index contributed by atoms with van der Waals surface area (Å²) in [5.74, 6) is -0.193. The van der Waals surface area contributed by atoms with Crippen molar-refractivity contribution in [2.75, 3.05) is 32.9 Å². The maximum Gasteiger partial charge on any atom is 0.258 e. The highest BCUT2D eigenvalue weighted by atomic mass is 35.5. The lowest BCUT2D eigenvalue weighted by molar-refractivity contribution is -0.124. The molecule has 1 aliphatic heterocycles. The standard InChI is InChI=1S/C22H25ClN2O5S/c23-17-8-9-20(21(14-17)31(27,28)25-10-12-29-13-11-25)30-15-22(26)24-19-7-3-5-16-4-1-2-6-18(16)19/h1-2,4,6,8-9,14,19H,3,5,7,10-13,15H2,(H,24,26)/t19-/m0/s1. The molecule has 1 atom stereocenters. The highest BCUT2D eigenvalue weighted by Gasteiger charge is 2.30. The van der Waals surface area contributed by atoms with Crippen LogP contribution in [0.1, 0.15) is 30.0 Å². The van der Waals surface area contributed by atoms with Crippen molar-refractivity contribution in [2.24, 2.45) is 0 Å². The van der Waals surface area contributed by atoms with Crippen molar-refractivity contribution < 1.29 is 22.7 Å². The summed E-state index contributed by atoms with van der Waals surface area (Å²) in [4.78, 5) is 12.5. The Morgan fingerprint density at radius 1 is 1.19 bits per heavy atom. The number of rotatable bonds is 6. The van der Waals surface area contributed by atoms with Gasteiger partial charge in [-0.25, -0.2) is 8.42 Å². The van der Waals surface area contributed by atoms with Crippen LogP contribution in [0, 0.1) is 0 Å². The van der Waals surface area contributed by atoms with Gasteiger partial charge in [0.25, 0.3) is 5.91 Å². The molecule has 2 aliphatic rings. The van der Waals surface area contributed by atoms with Gasteiger partial charge in [0.2, 0.25) is 10.0 Å². The summed E-state index contributed by atoms with van der Waals surface area (Å²) in [6, 6.07) is 12.4. The molecule has 0 saturated carbocycles. The number of aryl methyl sites for hydroxylation is 1. The average Bonchev–Trinajstić information content (AvgIpc) is 2.79. The molecule has 9 heteroatoms. The number of amides is 1. The van der Waals surface area contributed by atoms with Crippen LogP contribution in [0.15, 0.2) is 47.4 Å². The molecule has 31 heavy (non-hydrogen) atoms. The van der Waals surface area contributed by atoms with E-state index < -0.39 is 10.0 Å². The van der Waals surface area contributed by atoms with Crippen molar-refractivity contribution in [3.05, 3.63) is 58.6 Å². The maximum atomic E-state index is 13.1. The highest BCUT2D eigenvalue weighted by molar-refractivity contribution is 7.89. The van der Waals surface area contributed by atoms with Crippen LogP contribution in [0.2, 0.25) is 5.02 Å². The van der Waals surface area contributed by atoms with Gasteiger partial charge in [-0.05, 0) is 48.6 Å². The Hall–Kier alpha value is -2.13. The molecule has 0 radical (unpaired) electrons. The molecule has 4 rings (SSSR count). The lowest BCUT2D eigenvalue weighted by Crippen LogP contribution is -2.40. The van der Waals surface area contributed by atoms with Crippen LogP contribution < -0.4 is 10.1 Å². The average molecular weight is 465 g/mol. The topological polar surface area (TPSA) is 84.9 Å². The van der Waals surface area contributed by atoms with Crippen molar-refractivity contribution in [2.45, 2.75) is 30.2 Å². The quantitative estimate of drug-likeness (QED) is 0.710. The fourth-order valence-electron chi connectivity index (χ4n) is 4.01. The molecule has 1 heterocycles. The van der Waals surface area contributed by atoms with E-state index in [2.05, 4.69) is 11.4 Å².